The van der Waals surface area contributed by atoms with Crippen LogP contribution in [-0.4, -0.2) is 247 Å². The van der Waals surface area contributed by atoms with E-state index in [9.17, 15) is 81.7 Å². The smallest absolute Gasteiger partial charge is 0.176 e. The van der Waals surface area contributed by atoms with Crippen LogP contribution in [0.5, 0.6) is 0 Å². The molecule has 6 aliphatic heterocycles. The van der Waals surface area contributed by atoms with Crippen LogP contribution in [0.4, 0.5) is 70.2 Å². The topological polar surface area (TPSA) is 418 Å². The highest BCUT2D eigenvalue weighted by Crippen LogP contribution is 2.51. The van der Waals surface area contributed by atoms with Gasteiger partial charge in [-0.2, -0.15) is 0 Å². The number of thioether (sulfide) groups is 4. The zero-order chi connectivity index (χ0) is 81.3. The Morgan fingerprint density at radius 2 is 0.420 bits per heavy atom. The molecule has 24 nitrogen and oxygen atoms in total. The van der Waals surface area contributed by atoms with E-state index in [4.69, 9.17) is 18.9 Å². The molecule has 20 atom stereocenters. The number of hydrogen-bond donors (Lipinski definition) is 18. The fourth-order valence-corrected chi connectivity index (χ4v) is 17.6. The molecule has 0 unspecified atom stereocenters. The molecule has 0 saturated carbocycles. The van der Waals surface area contributed by atoms with Crippen molar-refractivity contribution >= 4 is 93.4 Å². The number of hydrogen-bond acceptors (Lipinski definition) is 26. The molecule has 44 heteroatoms. The second kappa shape index (κ2) is 32.2. The quantitative estimate of drug-likeness (QED) is 0.0441. The van der Waals surface area contributed by atoms with Crippen molar-refractivity contribution in [3.63, 3.8) is 0 Å². The Labute approximate surface area is 631 Å². The van der Waals surface area contributed by atoms with Crippen LogP contribution in [0, 0.1) is 93.1 Å². The molecule has 0 amide bonds. The number of aliphatic hydroxyl groups excluding tert-OH is 16. The summed E-state index contributed by atoms with van der Waals surface area (Å²) in [7, 11) is 0. The van der Waals surface area contributed by atoms with Gasteiger partial charge in [0.15, 0.2) is 93.1 Å². The van der Waals surface area contributed by atoms with Gasteiger partial charge in [0.25, 0.3) is 0 Å². The summed E-state index contributed by atoms with van der Waals surface area (Å²) in [4.78, 5) is 6.27. The lowest BCUT2D eigenvalue weighted by atomic mass is 10.0. The van der Waals surface area contributed by atoms with Crippen molar-refractivity contribution < 1.29 is 171 Å². The van der Waals surface area contributed by atoms with Crippen LogP contribution < -0.4 is 0 Å². The zero-order valence-electron chi connectivity index (χ0n) is 55.4. The Balaban J connectivity index is 1.13. The van der Waals surface area contributed by atoms with Gasteiger partial charge in [-0.25, -0.2) is 80.2 Å². The van der Waals surface area contributed by atoms with Gasteiger partial charge in [-0.15, -0.1) is 0 Å². The lowest BCUT2D eigenvalue weighted by Gasteiger charge is -2.39. The molecule has 9 heterocycles. The summed E-state index contributed by atoms with van der Waals surface area (Å²) < 4.78 is 298. The predicted octanol–water partition coefficient (Wildman–Crippen LogP) is 5.12. The molecule has 0 aliphatic carbocycles. The number of nitrogens with one attached hydrogen (secondary N) is 2. The first-order valence-corrected chi connectivity index (χ1v) is 36.1. The van der Waals surface area contributed by atoms with Crippen molar-refractivity contribution in [2.75, 3.05) is 26.4 Å². The molecule has 8 bridgehead atoms. The molecular weight excluding hydrogens is 1620 g/mol. The maximum atomic E-state index is 17.6. The summed E-state index contributed by atoms with van der Waals surface area (Å²) >= 11 is -1.48. The fourth-order valence-electron chi connectivity index (χ4n) is 13.1. The standard InChI is InChI=1S/C68H54F16N4O20S4/c69-33-29(34(70)42(78)61(41(33)77)109-65-57(101)53(97)49(93)21(9-89)105-65)25-13-1-2-14(85-13)26(30-35(71)43(79)62(44(80)36(30)72)110-66-58(102)54(98)50(94)22(10-90)106-66)16-5-6-18(87-16)28(32-39(75)47(83)64(48(84)40(32)76)112-68-60(104)56(100)52(96)24(12-92)108-68)20-8-7-19(88-20)27(17-4-3-15(25)86-17)31-37(73)45(81)63(46(82)38(31)74)111-67-59(103)55(99)51(95)23(11-91)107-67/h1-8,21-24,49-60,65-68,85,88-104H,9-12H2/t21-,22-,23-,24-,49+,50+,51+,52+,53+,54+,55+,56+,57-,58-,59-,60-,65+,66+,67+,68+/m1/s1. The largest absolute Gasteiger partial charge is 0.394 e. The van der Waals surface area contributed by atoms with Crippen molar-refractivity contribution in [2.24, 2.45) is 0 Å². The van der Waals surface area contributed by atoms with Gasteiger partial charge in [0.1, 0.15) is 119 Å². The summed E-state index contributed by atoms with van der Waals surface area (Å²) in [5.74, 6) is -39.3. The molecule has 4 aromatic carbocycles. The SMILES string of the molecule is OC[C@H]1O[C@@H](Sc2c(F)c(F)c(-c3c4nc(c(-c5c(F)c(F)c(S[C@@H]6O[C@H](CO)[C@H](O)[C@H](O)[C@H]6O)c(F)c5F)c5ccc([nH]5)c(-c5c(F)c(F)c(S[C@@H]6O[C@H](CO)[C@H](O)[C@H](O)[C@H]6O)c(F)c5F)c5nc(c(-c6c(F)c(F)c(S[C@@H]7O[C@H](CO)[C@H](O)[C@H](O)[C@H]7O)c(F)c6F)c6ccc3[nH]6)C=C5)C=C4)c(F)c2F)[C@H](O)[C@@H](O)[C@H]1O. The van der Waals surface area contributed by atoms with Crippen LogP contribution >= 0.6 is 47.0 Å². The number of nitrogens with zero attached hydrogens (tertiary/aromatic N) is 2. The van der Waals surface area contributed by atoms with Gasteiger partial charge < -0.3 is 111 Å². The fraction of sp³-hybridized carbons (Fsp3) is 0.353. The number of aromatic amines is 2. The van der Waals surface area contributed by atoms with Gasteiger partial charge in [0.05, 0.1) is 91.0 Å². The molecular formula is C68H54F16N4O20S4. The molecule has 4 saturated heterocycles. The van der Waals surface area contributed by atoms with Gasteiger partial charge >= 0.3 is 0 Å². The van der Waals surface area contributed by atoms with Gasteiger partial charge in [-0.1, -0.05) is 47.0 Å². The van der Waals surface area contributed by atoms with Crippen LogP contribution in [0.25, 0.3) is 90.9 Å². The maximum Gasteiger partial charge on any atom is 0.176 e. The van der Waals surface area contributed by atoms with Crippen LogP contribution in [-0.2, 0) is 18.9 Å². The van der Waals surface area contributed by atoms with E-state index in [-0.39, 0.29) is 47.0 Å². The van der Waals surface area contributed by atoms with E-state index >= 15 is 70.2 Å². The monoisotopic (exact) mass is 1680 g/mol. The van der Waals surface area contributed by atoms with Crippen LogP contribution in [0.15, 0.2) is 43.8 Å². The van der Waals surface area contributed by atoms with E-state index in [1.807, 2.05) is 0 Å². The Morgan fingerprint density at radius 3 is 0.580 bits per heavy atom. The summed E-state index contributed by atoms with van der Waals surface area (Å²) in [6.45, 7) is -4.55. The minimum atomic E-state index is -2.49. The van der Waals surface area contributed by atoms with E-state index in [2.05, 4.69) is 19.9 Å². The minimum Gasteiger partial charge on any atom is -0.394 e. The highest BCUT2D eigenvalue weighted by molar-refractivity contribution is 8.00. The molecule has 13 rings (SSSR count). The number of H-pyrrole nitrogens is 2. The van der Waals surface area contributed by atoms with Gasteiger partial charge in [-0.05, 0) is 48.6 Å². The van der Waals surface area contributed by atoms with E-state index in [0.29, 0.717) is 48.6 Å². The molecule has 112 heavy (non-hydrogen) atoms. The van der Waals surface area contributed by atoms with Crippen LogP contribution in [0.2, 0.25) is 0 Å². The number of aliphatic hydroxyl groups is 16. The molecule has 0 spiro atoms. The van der Waals surface area contributed by atoms with Crippen molar-refractivity contribution in [1.29, 1.82) is 0 Å². The summed E-state index contributed by atoms with van der Waals surface area (Å²) in [6.07, 6.45) is -31.7. The number of benzene rings is 4. The van der Waals surface area contributed by atoms with Crippen molar-refractivity contribution in [3.05, 3.63) is 140 Å². The maximum absolute atomic E-state index is 17.6. The molecule has 6 aliphatic rings. The van der Waals surface area contributed by atoms with Crippen LogP contribution in [0.1, 0.15) is 22.8 Å². The minimum absolute atomic E-state index is 0.371. The van der Waals surface area contributed by atoms with E-state index < -0.39 is 348 Å². The molecule has 4 fully saturated rings. The number of fused-ring (bicyclic) bond motifs is 8. The first-order valence-electron chi connectivity index (χ1n) is 32.5. The van der Waals surface area contributed by atoms with Gasteiger partial charge in [0, 0.05) is 44.3 Å². The highest BCUT2D eigenvalue weighted by Gasteiger charge is 2.50. The third kappa shape index (κ3) is 14.0. The van der Waals surface area contributed by atoms with Crippen LogP contribution in [0.3, 0.4) is 0 Å². The van der Waals surface area contributed by atoms with Crippen molar-refractivity contribution in [3.8, 4) is 44.5 Å². The van der Waals surface area contributed by atoms with Gasteiger partial charge in [0.2, 0.25) is 0 Å². The highest BCUT2D eigenvalue weighted by atomic mass is 32.2. The van der Waals surface area contributed by atoms with E-state index in [1.165, 1.54) is 0 Å². The summed E-state index contributed by atoms with van der Waals surface area (Å²) in [5.41, 5.74) is -30.4. The zero-order valence-corrected chi connectivity index (χ0v) is 58.6. The number of rotatable bonds is 16. The molecule has 18 N–H and O–H groups in total. The second-order valence-electron chi connectivity index (χ2n) is 25.6. The third-order valence-corrected chi connectivity index (χ3v) is 23.8. The lowest BCUT2D eigenvalue weighted by molar-refractivity contribution is -0.205. The number of aromatic nitrogens is 4. The first kappa shape index (κ1) is 82.9. The molecule has 0 radical (unpaired) electrons. The Bertz CT molecular complexity index is 4440. The molecule has 602 valence electrons. The second-order valence-corrected chi connectivity index (χ2v) is 30.0. The van der Waals surface area contributed by atoms with E-state index in [0.717, 1.165) is 0 Å². The predicted molar refractivity (Wildman–Crippen MR) is 358 cm³/mol. The normalized spacial score (nSPS) is 28.8. The first-order chi connectivity index (χ1) is 53.0. The van der Waals surface area contributed by atoms with E-state index in [1.54, 1.807) is 0 Å². The third-order valence-electron chi connectivity index (χ3n) is 19.0. The Morgan fingerprint density at radius 1 is 0.250 bits per heavy atom. The number of ether oxygens (including phenoxy) is 4. The average Bonchev–Trinajstić information content (AvgIpc) is 1.48. The van der Waals surface area contributed by atoms with Crippen molar-refractivity contribution in [1.82, 2.24) is 19.9 Å². The summed E-state index contributed by atoms with van der Waals surface area (Å²) in [5, 5.41) is 166. The molecule has 3 aromatic heterocycles. The average molecular weight is 1680 g/mol. The Kier molecular flexibility index (Phi) is 23.9. The summed E-state index contributed by atoms with van der Waals surface area (Å²) in [6, 6.07) is 2.47. The lowest BCUT2D eigenvalue weighted by Crippen LogP contribution is -2.57. The number of halogens is 16. The van der Waals surface area contributed by atoms with Gasteiger partial charge in [-0.3, -0.25) is 0 Å². The molecule has 7 aromatic rings. The van der Waals surface area contributed by atoms with Crippen molar-refractivity contribution in [2.45, 2.75) is 139 Å². The Hall–Kier alpha value is -7.04.